The number of aliphatic carboxylic acids is 1. The molecule has 0 unspecified atom stereocenters. The Labute approximate surface area is 103 Å². The lowest BCUT2D eigenvalue weighted by Crippen LogP contribution is -2.61. The number of carboxylic acid groups (broad SMARTS) is 1. The Hall–Kier alpha value is -0.570. The van der Waals surface area contributed by atoms with Crippen LogP contribution in [0.2, 0.25) is 0 Å². The summed E-state index contributed by atoms with van der Waals surface area (Å²) in [7, 11) is 0. The second-order valence-corrected chi connectivity index (χ2v) is 7.03. The quantitative estimate of drug-likeness (QED) is 0.791. The molecule has 0 spiro atoms. The molecule has 4 rings (SSSR count). The van der Waals surface area contributed by atoms with Crippen molar-refractivity contribution in [2.45, 2.75) is 57.5 Å². The van der Waals surface area contributed by atoms with Crippen LogP contribution in [-0.2, 0) is 4.79 Å². The largest absolute Gasteiger partial charge is 0.480 e. The van der Waals surface area contributed by atoms with E-state index in [2.05, 4.69) is 5.32 Å². The molecule has 0 saturated heterocycles. The molecule has 4 aliphatic carbocycles. The first-order valence-electron chi connectivity index (χ1n) is 6.97. The van der Waals surface area contributed by atoms with Gasteiger partial charge in [-0.3, -0.25) is 10.1 Å². The first-order chi connectivity index (χ1) is 7.95. The van der Waals surface area contributed by atoms with Crippen LogP contribution in [0.25, 0.3) is 0 Å². The minimum absolute atomic E-state index is 0.453. The Kier molecular flexibility index (Phi) is 2.51. The Bertz CT molecular complexity index is 309. The van der Waals surface area contributed by atoms with Gasteiger partial charge in [0.25, 0.3) is 0 Å². The molecule has 0 heterocycles. The monoisotopic (exact) mass is 237 g/mol. The zero-order valence-corrected chi connectivity index (χ0v) is 10.8. The Balaban J connectivity index is 1.74. The van der Waals surface area contributed by atoms with Gasteiger partial charge < -0.3 is 5.11 Å². The first-order valence-corrected chi connectivity index (χ1v) is 6.97. The fourth-order valence-corrected chi connectivity index (χ4v) is 4.64. The van der Waals surface area contributed by atoms with Gasteiger partial charge in [0.15, 0.2) is 0 Å². The SMILES string of the molecule is CC(C)(NC1C2CC3CC(C2)CC1C3)C(=O)O. The second kappa shape index (κ2) is 3.71. The average molecular weight is 237 g/mol. The van der Waals surface area contributed by atoms with E-state index in [1.54, 1.807) is 13.8 Å². The number of rotatable bonds is 3. The van der Waals surface area contributed by atoms with Crippen molar-refractivity contribution in [3.63, 3.8) is 0 Å². The van der Waals surface area contributed by atoms with Gasteiger partial charge >= 0.3 is 5.97 Å². The summed E-state index contributed by atoms with van der Waals surface area (Å²) in [6, 6.07) is 0.453. The highest BCUT2D eigenvalue weighted by atomic mass is 16.4. The van der Waals surface area contributed by atoms with Crippen molar-refractivity contribution >= 4 is 5.97 Å². The number of hydrogen-bond donors (Lipinski definition) is 2. The van der Waals surface area contributed by atoms with Crippen molar-refractivity contribution in [3.8, 4) is 0 Å². The summed E-state index contributed by atoms with van der Waals surface area (Å²) in [6.45, 7) is 3.58. The highest BCUT2D eigenvalue weighted by Crippen LogP contribution is 2.53. The lowest BCUT2D eigenvalue weighted by molar-refractivity contribution is -0.145. The Morgan fingerprint density at radius 3 is 1.94 bits per heavy atom. The topological polar surface area (TPSA) is 49.3 Å². The number of carbonyl (C=O) groups is 1. The van der Waals surface area contributed by atoms with Crippen LogP contribution in [0.5, 0.6) is 0 Å². The van der Waals surface area contributed by atoms with Crippen LogP contribution >= 0.6 is 0 Å². The third-order valence-corrected chi connectivity index (χ3v) is 5.29. The zero-order valence-electron chi connectivity index (χ0n) is 10.8. The molecule has 4 saturated carbocycles. The minimum Gasteiger partial charge on any atom is -0.480 e. The summed E-state index contributed by atoms with van der Waals surface area (Å²) in [5.41, 5.74) is -0.778. The van der Waals surface area contributed by atoms with Gasteiger partial charge in [0.2, 0.25) is 0 Å². The van der Waals surface area contributed by atoms with Gasteiger partial charge in [-0.2, -0.15) is 0 Å². The molecule has 0 atom stereocenters. The van der Waals surface area contributed by atoms with Gasteiger partial charge in [-0.25, -0.2) is 0 Å². The summed E-state index contributed by atoms with van der Waals surface area (Å²) < 4.78 is 0. The maximum absolute atomic E-state index is 11.2. The third kappa shape index (κ3) is 1.88. The molecule has 96 valence electrons. The highest BCUT2D eigenvalue weighted by Gasteiger charge is 2.49. The fraction of sp³-hybridized carbons (Fsp3) is 0.929. The van der Waals surface area contributed by atoms with Crippen LogP contribution in [0.15, 0.2) is 0 Å². The maximum Gasteiger partial charge on any atom is 0.323 e. The predicted octanol–water partition coefficient (Wildman–Crippen LogP) is 2.26. The summed E-state index contributed by atoms with van der Waals surface area (Å²) in [4.78, 5) is 11.2. The minimum atomic E-state index is -0.778. The lowest BCUT2D eigenvalue weighted by Gasteiger charge is -2.55. The van der Waals surface area contributed by atoms with Crippen LogP contribution < -0.4 is 5.32 Å². The maximum atomic E-state index is 11.2. The van der Waals surface area contributed by atoms with E-state index >= 15 is 0 Å². The Morgan fingerprint density at radius 2 is 1.53 bits per heavy atom. The molecule has 0 aromatic heterocycles. The smallest absolute Gasteiger partial charge is 0.323 e. The van der Waals surface area contributed by atoms with Gasteiger partial charge in [-0.05, 0) is 69.6 Å². The van der Waals surface area contributed by atoms with Crippen molar-refractivity contribution < 1.29 is 9.90 Å². The second-order valence-electron chi connectivity index (χ2n) is 7.03. The van der Waals surface area contributed by atoms with Crippen molar-refractivity contribution in [1.29, 1.82) is 0 Å². The molecule has 0 amide bonds. The van der Waals surface area contributed by atoms with E-state index < -0.39 is 11.5 Å². The van der Waals surface area contributed by atoms with Crippen molar-refractivity contribution in [2.75, 3.05) is 0 Å². The van der Waals surface area contributed by atoms with Gasteiger partial charge in [-0.1, -0.05) is 0 Å². The molecule has 4 aliphatic rings. The van der Waals surface area contributed by atoms with Gasteiger partial charge in [0, 0.05) is 6.04 Å². The lowest BCUT2D eigenvalue weighted by atomic mass is 9.54. The molecule has 4 bridgehead atoms. The molecule has 2 N–H and O–H groups in total. The summed E-state index contributed by atoms with van der Waals surface area (Å²) >= 11 is 0. The molecular weight excluding hydrogens is 214 g/mol. The summed E-state index contributed by atoms with van der Waals surface area (Å²) in [6.07, 6.45) is 6.78. The van der Waals surface area contributed by atoms with Crippen molar-refractivity contribution in [1.82, 2.24) is 5.32 Å². The molecule has 0 aromatic rings. The van der Waals surface area contributed by atoms with Crippen molar-refractivity contribution in [3.05, 3.63) is 0 Å². The standard InChI is InChI=1S/C14H23NO2/c1-14(2,13(16)17)15-12-10-4-8-3-9(6-10)7-11(12)5-8/h8-12,15H,3-7H2,1-2H3,(H,16,17). The van der Waals surface area contributed by atoms with Gasteiger partial charge in [0.1, 0.15) is 5.54 Å². The van der Waals surface area contributed by atoms with E-state index in [4.69, 9.17) is 0 Å². The molecule has 17 heavy (non-hydrogen) atoms. The van der Waals surface area contributed by atoms with E-state index in [0.717, 1.165) is 23.7 Å². The first kappa shape index (κ1) is 11.5. The van der Waals surface area contributed by atoms with E-state index in [0.29, 0.717) is 6.04 Å². The van der Waals surface area contributed by atoms with Gasteiger partial charge in [-0.15, -0.1) is 0 Å². The molecular formula is C14H23NO2. The van der Waals surface area contributed by atoms with Crippen LogP contribution in [0.1, 0.15) is 46.0 Å². The van der Waals surface area contributed by atoms with E-state index in [9.17, 15) is 9.90 Å². The third-order valence-electron chi connectivity index (χ3n) is 5.29. The molecule has 3 heteroatoms. The molecule has 0 aromatic carbocycles. The highest BCUT2D eigenvalue weighted by molar-refractivity contribution is 5.77. The zero-order chi connectivity index (χ0) is 12.2. The summed E-state index contributed by atoms with van der Waals surface area (Å²) in [5, 5.41) is 12.7. The molecule has 3 nitrogen and oxygen atoms in total. The van der Waals surface area contributed by atoms with Crippen LogP contribution in [-0.4, -0.2) is 22.7 Å². The molecule has 0 aliphatic heterocycles. The predicted molar refractivity (Wildman–Crippen MR) is 65.7 cm³/mol. The van der Waals surface area contributed by atoms with Crippen molar-refractivity contribution in [2.24, 2.45) is 23.7 Å². The Morgan fingerprint density at radius 1 is 1.06 bits per heavy atom. The molecule has 0 radical (unpaired) electrons. The normalized spacial score (nSPS) is 44.0. The van der Waals surface area contributed by atoms with Gasteiger partial charge in [0.05, 0.1) is 0 Å². The van der Waals surface area contributed by atoms with E-state index in [-0.39, 0.29) is 0 Å². The molecule has 4 fully saturated rings. The number of hydrogen-bond acceptors (Lipinski definition) is 2. The van der Waals surface area contributed by atoms with Crippen LogP contribution in [0.3, 0.4) is 0 Å². The number of carboxylic acids is 1. The van der Waals surface area contributed by atoms with E-state index in [1.807, 2.05) is 0 Å². The van der Waals surface area contributed by atoms with E-state index in [1.165, 1.54) is 32.1 Å². The average Bonchev–Trinajstić information content (AvgIpc) is 2.22. The van der Waals surface area contributed by atoms with Crippen LogP contribution in [0, 0.1) is 23.7 Å². The summed E-state index contributed by atoms with van der Waals surface area (Å²) in [5.74, 6) is 2.65. The number of nitrogens with one attached hydrogen (secondary N) is 1. The van der Waals surface area contributed by atoms with Crippen LogP contribution in [0.4, 0.5) is 0 Å². The fourth-order valence-electron chi connectivity index (χ4n) is 4.64.